The van der Waals surface area contributed by atoms with E-state index in [9.17, 15) is 4.79 Å². The molecule has 0 radical (unpaired) electrons. The first-order valence-corrected chi connectivity index (χ1v) is 7.43. The molecule has 0 aliphatic heterocycles. The third-order valence-corrected chi connectivity index (χ3v) is 4.19. The number of hydrogen-bond acceptors (Lipinski definition) is 3. The first-order chi connectivity index (χ1) is 10.3. The van der Waals surface area contributed by atoms with Crippen LogP contribution in [0.4, 0.5) is 5.69 Å². The average molecular weight is 281 g/mol. The maximum atomic E-state index is 12.5. The van der Waals surface area contributed by atoms with Gasteiger partial charge in [0.05, 0.1) is 5.69 Å². The van der Waals surface area contributed by atoms with Crippen molar-refractivity contribution in [2.45, 2.75) is 26.2 Å². The summed E-state index contributed by atoms with van der Waals surface area (Å²) in [5.41, 5.74) is 1.64. The number of nitrogens with one attached hydrogen (secondary N) is 1. The van der Waals surface area contributed by atoms with Crippen LogP contribution < -0.4 is 5.32 Å². The molecule has 0 unspecified atom stereocenters. The zero-order valence-electron chi connectivity index (χ0n) is 12.1. The highest BCUT2D eigenvalue weighted by Crippen LogP contribution is 2.33. The molecule has 1 amide bonds. The summed E-state index contributed by atoms with van der Waals surface area (Å²) in [6, 6.07) is 9.47. The van der Waals surface area contributed by atoms with Crippen LogP contribution in [0.3, 0.4) is 0 Å². The molecule has 4 heteroatoms. The minimum atomic E-state index is 0.114. The van der Waals surface area contributed by atoms with Gasteiger partial charge in [-0.15, -0.1) is 0 Å². The van der Waals surface area contributed by atoms with Crippen molar-refractivity contribution in [3.63, 3.8) is 0 Å². The van der Waals surface area contributed by atoms with Gasteiger partial charge in [0.15, 0.2) is 5.82 Å². The first-order valence-electron chi connectivity index (χ1n) is 7.43. The minimum absolute atomic E-state index is 0.114. The second-order valence-electron chi connectivity index (χ2n) is 5.62. The van der Waals surface area contributed by atoms with Crippen LogP contribution in [0.5, 0.6) is 0 Å². The van der Waals surface area contributed by atoms with Gasteiger partial charge in [0, 0.05) is 23.9 Å². The molecule has 108 valence electrons. The molecular formula is C17H19N3O. The Morgan fingerprint density at radius 1 is 1.14 bits per heavy atom. The lowest BCUT2D eigenvalue weighted by Crippen LogP contribution is -2.24. The van der Waals surface area contributed by atoms with Crippen molar-refractivity contribution < 1.29 is 4.79 Å². The van der Waals surface area contributed by atoms with E-state index in [2.05, 4.69) is 22.2 Å². The van der Waals surface area contributed by atoms with Crippen molar-refractivity contribution in [1.29, 1.82) is 0 Å². The van der Waals surface area contributed by atoms with Crippen molar-refractivity contribution in [2.75, 3.05) is 5.32 Å². The van der Waals surface area contributed by atoms with E-state index in [1.54, 1.807) is 18.5 Å². The molecule has 1 aromatic heterocycles. The van der Waals surface area contributed by atoms with Crippen LogP contribution in [0, 0.1) is 11.8 Å². The lowest BCUT2D eigenvalue weighted by atomic mass is 9.97. The van der Waals surface area contributed by atoms with Crippen LogP contribution in [0.2, 0.25) is 0 Å². The Kier molecular flexibility index (Phi) is 3.95. The SMILES string of the molecule is C[C@H]1CCC[C@@H]1C(=O)Nc1ccccc1-c1ncccn1. The summed E-state index contributed by atoms with van der Waals surface area (Å²) in [6.07, 6.45) is 6.68. The molecule has 1 heterocycles. The van der Waals surface area contributed by atoms with Gasteiger partial charge in [-0.25, -0.2) is 9.97 Å². The summed E-state index contributed by atoms with van der Waals surface area (Å²) in [4.78, 5) is 21.0. The number of anilines is 1. The number of carbonyl (C=O) groups excluding carboxylic acids is 1. The molecule has 1 N–H and O–H groups in total. The summed E-state index contributed by atoms with van der Waals surface area (Å²) in [5, 5.41) is 3.06. The average Bonchev–Trinajstić information content (AvgIpc) is 2.95. The van der Waals surface area contributed by atoms with Gasteiger partial charge in [-0.05, 0) is 37.0 Å². The largest absolute Gasteiger partial charge is 0.325 e. The molecule has 3 rings (SSSR count). The third kappa shape index (κ3) is 2.94. The fraction of sp³-hybridized carbons (Fsp3) is 0.353. The van der Waals surface area contributed by atoms with E-state index >= 15 is 0 Å². The van der Waals surface area contributed by atoms with Crippen LogP contribution in [-0.4, -0.2) is 15.9 Å². The Labute approximate surface area is 124 Å². The molecular weight excluding hydrogens is 262 g/mol. The van der Waals surface area contributed by atoms with E-state index in [1.807, 2.05) is 24.3 Å². The summed E-state index contributed by atoms with van der Waals surface area (Å²) in [6.45, 7) is 2.16. The topological polar surface area (TPSA) is 54.9 Å². The highest BCUT2D eigenvalue weighted by Gasteiger charge is 2.30. The second kappa shape index (κ2) is 6.04. The summed E-state index contributed by atoms with van der Waals surface area (Å²) in [7, 11) is 0. The molecule has 0 spiro atoms. The van der Waals surface area contributed by atoms with Gasteiger partial charge in [-0.1, -0.05) is 25.5 Å². The minimum Gasteiger partial charge on any atom is -0.325 e. The number of nitrogens with zero attached hydrogens (tertiary/aromatic N) is 2. The molecule has 0 saturated heterocycles. The van der Waals surface area contributed by atoms with Gasteiger partial charge in [0.25, 0.3) is 0 Å². The summed E-state index contributed by atoms with van der Waals surface area (Å²) >= 11 is 0. The van der Waals surface area contributed by atoms with Gasteiger partial charge in [0.1, 0.15) is 0 Å². The number of para-hydroxylation sites is 1. The Balaban J connectivity index is 1.85. The Bertz CT molecular complexity index is 627. The molecule has 4 nitrogen and oxygen atoms in total. The quantitative estimate of drug-likeness (QED) is 0.936. The molecule has 1 aliphatic rings. The lowest BCUT2D eigenvalue weighted by Gasteiger charge is -2.16. The van der Waals surface area contributed by atoms with Crippen molar-refractivity contribution in [3.05, 3.63) is 42.7 Å². The van der Waals surface area contributed by atoms with Gasteiger partial charge in [-0.2, -0.15) is 0 Å². The van der Waals surface area contributed by atoms with Crippen molar-refractivity contribution in [1.82, 2.24) is 9.97 Å². The highest BCUT2D eigenvalue weighted by molar-refractivity contribution is 5.96. The molecule has 2 aromatic rings. The number of hydrogen-bond donors (Lipinski definition) is 1. The molecule has 0 bridgehead atoms. The predicted molar refractivity (Wildman–Crippen MR) is 82.6 cm³/mol. The Morgan fingerprint density at radius 2 is 1.90 bits per heavy atom. The van der Waals surface area contributed by atoms with Crippen LogP contribution in [-0.2, 0) is 4.79 Å². The maximum absolute atomic E-state index is 12.5. The van der Waals surface area contributed by atoms with Crippen LogP contribution in [0.25, 0.3) is 11.4 Å². The summed E-state index contributed by atoms with van der Waals surface area (Å²) < 4.78 is 0. The molecule has 21 heavy (non-hydrogen) atoms. The van der Waals surface area contributed by atoms with E-state index in [0.29, 0.717) is 11.7 Å². The number of amides is 1. The van der Waals surface area contributed by atoms with E-state index in [0.717, 1.165) is 30.5 Å². The third-order valence-electron chi connectivity index (χ3n) is 4.19. The monoisotopic (exact) mass is 281 g/mol. The van der Waals surface area contributed by atoms with E-state index in [4.69, 9.17) is 0 Å². The number of rotatable bonds is 3. The number of carbonyl (C=O) groups is 1. The van der Waals surface area contributed by atoms with E-state index in [-0.39, 0.29) is 11.8 Å². The fourth-order valence-electron chi connectivity index (χ4n) is 2.99. The first kappa shape index (κ1) is 13.7. The second-order valence-corrected chi connectivity index (χ2v) is 5.62. The van der Waals surface area contributed by atoms with Gasteiger partial charge >= 0.3 is 0 Å². The fourth-order valence-corrected chi connectivity index (χ4v) is 2.99. The highest BCUT2D eigenvalue weighted by atomic mass is 16.1. The van der Waals surface area contributed by atoms with Gasteiger partial charge < -0.3 is 5.32 Å². The van der Waals surface area contributed by atoms with Gasteiger partial charge in [0.2, 0.25) is 5.91 Å². The van der Waals surface area contributed by atoms with Crippen LogP contribution in [0.15, 0.2) is 42.7 Å². The van der Waals surface area contributed by atoms with Crippen molar-refractivity contribution in [3.8, 4) is 11.4 Å². The lowest BCUT2D eigenvalue weighted by molar-refractivity contribution is -0.120. The molecule has 1 aliphatic carbocycles. The molecule has 1 fully saturated rings. The number of benzene rings is 1. The molecule has 1 aromatic carbocycles. The smallest absolute Gasteiger partial charge is 0.227 e. The number of aromatic nitrogens is 2. The van der Waals surface area contributed by atoms with Crippen molar-refractivity contribution in [2.24, 2.45) is 11.8 Å². The predicted octanol–water partition coefficient (Wildman–Crippen LogP) is 3.52. The molecule has 1 saturated carbocycles. The zero-order chi connectivity index (χ0) is 14.7. The Hall–Kier alpha value is -2.23. The van der Waals surface area contributed by atoms with E-state index in [1.165, 1.54) is 0 Å². The van der Waals surface area contributed by atoms with Crippen molar-refractivity contribution >= 4 is 11.6 Å². The van der Waals surface area contributed by atoms with Gasteiger partial charge in [-0.3, -0.25) is 4.79 Å². The van der Waals surface area contributed by atoms with E-state index < -0.39 is 0 Å². The maximum Gasteiger partial charge on any atom is 0.227 e. The standard InChI is InChI=1S/C17H19N3O/c1-12-6-4-8-13(12)17(21)20-15-9-3-2-7-14(15)16-18-10-5-11-19-16/h2-3,5,7,9-13H,4,6,8H2,1H3,(H,20,21)/t12-,13-/m0/s1. The van der Waals surface area contributed by atoms with Crippen LogP contribution >= 0.6 is 0 Å². The Morgan fingerprint density at radius 3 is 2.62 bits per heavy atom. The zero-order valence-corrected chi connectivity index (χ0v) is 12.1. The van der Waals surface area contributed by atoms with Crippen LogP contribution in [0.1, 0.15) is 26.2 Å². The molecule has 2 atom stereocenters. The summed E-state index contributed by atoms with van der Waals surface area (Å²) in [5.74, 6) is 1.33. The normalized spacial score (nSPS) is 21.2.